The van der Waals surface area contributed by atoms with Gasteiger partial charge in [0.05, 0.1) is 4.87 Å². The van der Waals surface area contributed by atoms with E-state index >= 15 is 0 Å². The van der Waals surface area contributed by atoms with Gasteiger partial charge in [-0.1, -0.05) is 56.3 Å². The molecule has 2 aromatic rings. The number of halogens is 1. The van der Waals surface area contributed by atoms with Crippen LogP contribution in [0.5, 0.6) is 5.75 Å². The van der Waals surface area contributed by atoms with Gasteiger partial charge in [-0.2, -0.15) is 0 Å². The summed E-state index contributed by atoms with van der Waals surface area (Å²) >= 11 is 6.67. The van der Waals surface area contributed by atoms with Crippen molar-refractivity contribution in [3.63, 3.8) is 0 Å². The molecule has 3 rings (SSSR count). The Bertz CT molecular complexity index is 629. The van der Waals surface area contributed by atoms with Gasteiger partial charge in [0.25, 0.3) is 0 Å². The van der Waals surface area contributed by atoms with Crippen molar-refractivity contribution in [3.05, 3.63) is 71.6 Å². The first-order valence-electron chi connectivity index (χ1n) is 7.90. The second kappa shape index (κ2) is 6.34. The molecule has 1 fully saturated rings. The van der Waals surface area contributed by atoms with Gasteiger partial charge >= 0.3 is 0 Å². The summed E-state index contributed by atoms with van der Waals surface area (Å²) in [5, 5.41) is 0. The van der Waals surface area contributed by atoms with Crippen LogP contribution in [-0.2, 0) is 11.5 Å². The predicted octanol–water partition coefficient (Wildman–Crippen LogP) is 5.82. The van der Waals surface area contributed by atoms with Crippen LogP contribution >= 0.6 is 11.6 Å². The average molecular weight is 314 g/mol. The van der Waals surface area contributed by atoms with E-state index in [1.807, 2.05) is 18.2 Å². The van der Waals surface area contributed by atoms with Crippen molar-refractivity contribution in [1.29, 1.82) is 0 Å². The van der Waals surface area contributed by atoms with Crippen LogP contribution in [0.15, 0.2) is 48.5 Å². The molecule has 0 N–H and O–H groups in total. The fraction of sp³-hybridized carbons (Fsp3) is 0.350. The smallest absolute Gasteiger partial charge is 0.123 e. The Morgan fingerprint density at radius 1 is 1.09 bits per heavy atom. The van der Waals surface area contributed by atoms with Gasteiger partial charge in [-0.05, 0) is 47.9 Å². The first-order chi connectivity index (χ1) is 10.6. The van der Waals surface area contributed by atoms with Gasteiger partial charge in [-0.25, -0.2) is 0 Å². The standard InChI is InChI=1S/C20H22ClO/c1-15(2)18-10-9-17(20(21)11-6-12-20)13-19(18)22-14-16-7-4-3-5-8-16/h3-10,13,15H,11-12,14H2,1-2H3. The molecule has 0 saturated heterocycles. The Morgan fingerprint density at radius 2 is 1.82 bits per heavy atom. The highest BCUT2D eigenvalue weighted by molar-refractivity contribution is 6.24. The van der Waals surface area contributed by atoms with Crippen molar-refractivity contribution in [2.24, 2.45) is 0 Å². The molecule has 0 amide bonds. The van der Waals surface area contributed by atoms with Crippen LogP contribution in [0.4, 0.5) is 0 Å². The summed E-state index contributed by atoms with van der Waals surface area (Å²) in [6, 6.07) is 16.7. The molecule has 0 aliphatic heterocycles. The Labute approximate surface area is 138 Å². The third kappa shape index (κ3) is 3.15. The topological polar surface area (TPSA) is 9.23 Å². The zero-order valence-electron chi connectivity index (χ0n) is 13.2. The maximum atomic E-state index is 6.67. The van der Waals surface area contributed by atoms with Crippen LogP contribution < -0.4 is 4.74 Å². The van der Waals surface area contributed by atoms with Crippen LogP contribution in [0.3, 0.4) is 0 Å². The lowest BCUT2D eigenvalue weighted by molar-refractivity contribution is 0.300. The van der Waals surface area contributed by atoms with Gasteiger partial charge in [0.2, 0.25) is 0 Å². The summed E-state index contributed by atoms with van der Waals surface area (Å²) in [5.41, 5.74) is 3.59. The Kier molecular flexibility index (Phi) is 4.44. The van der Waals surface area contributed by atoms with E-state index in [4.69, 9.17) is 16.3 Å². The van der Waals surface area contributed by atoms with Crippen LogP contribution in [0.2, 0.25) is 0 Å². The molecule has 2 heteroatoms. The zero-order chi connectivity index (χ0) is 15.6. The summed E-state index contributed by atoms with van der Waals surface area (Å²) in [6.45, 7) is 4.97. The van der Waals surface area contributed by atoms with E-state index < -0.39 is 0 Å². The molecule has 1 aliphatic carbocycles. The van der Waals surface area contributed by atoms with Crippen LogP contribution in [0.1, 0.15) is 49.3 Å². The highest BCUT2D eigenvalue weighted by Crippen LogP contribution is 2.48. The second-order valence-electron chi connectivity index (χ2n) is 6.34. The van der Waals surface area contributed by atoms with E-state index in [2.05, 4.69) is 50.6 Å². The lowest BCUT2D eigenvalue weighted by atomic mass is 9.78. The fourth-order valence-corrected chi connectivity index (χ4v) is 3.12. The van der Waals surface area contributed by atoms with Gasteiger partial charge in [0, 0.05) is 0 Å². The van der Waals surface area contributed by atoms with Gasteiger partial charge in [-0.15, -0.1) is 11.6 Å². The molecule has 0 unspecified atom stereocenters. The van der Waals surface area contributed by atoms with E-state index in [1.54, 1.807) is 0 Å². The Hall–Kier alpha value is -1.47. The molecule has 0 bridgehead atoms. The number of benzene rings is 2. The van der Waals surface area contributed by atoms with E-state index in [1.165, 1.54) is 16.7 Å². The predicted molar refractivity (Wildman–Crippen MR) is 92.4 cm³/mol. The van der Waals surface area contributed by atoms with Crippen LogP contribution in [0, 0.1) is 6.42 Å². The molecule has 1 nitrogen and oxygen atoms in total. The van der Waals surface area contributed by atoms with Gasteiger partial charge in [0.1, 0.15) is 12.4 Å². The highest BCUT2D eigenvalue weighted by atomic mass is 35.5. The molecule has 0 spiro atoms. The minimum atomic E-state index is -0.222. The number of rotatable bonds is 5. The quantitative estimate of drug-likeness (QED) is 0.632. The summed E-state index contributed by atoms with van der Waals surface area (Å²) < 4.78 is 6.12. The average Bonchev–Trinajstić information content (AvgIpc) is 2.51. The molecule has 2 aromatic carbocycles. The van der Waals surface area contributed by atoms with Crippen LogP contribution in [-0.4, -0.2) is 0 Å². The normalized spacial score (nSPS) is 16.4. The van der Waals surface area contributed by atoms with Crippen molar-refractivity contribution in [3.8, 4) is 5.75 Å². The van der Waals surface area contributed by atoms with Crippen molar-refractivity contribution in [2.45, 2.75) is 44.1 Å². The third-order valence-electron chi connectivity index (χ3n) is 4.33. The summed E-state index contributed by atoms with van der Waals surface area (Å²) in [7, 11) is 0. The lowest BCUT2D eigenvalue weighted by Crippen LogP contribution is -2.28. The summed E-state index contributed by atoms with van der Waals surface area (Å²) in [5.74, 6) is 1.39. The Morgan fingerprint density at radius 3 is 2.41 bits per heavy atom. The van der Waals surface area contributed by atoms with Gasteiger partial charge < -0.3 is 4.74 Å². The fourth-order valence-electron chi connectivity index (χ4n) is 2.78. The molecule has 1 radical (unpaired) electrons. The third-order valence-corrected chi connectivity index (χ3v) is 4.85. The maximum Gasteiger partial charge on any atom is 0.123 e. The van der Waals surface area contributed by atoms with Crippen molar-refractivity contribution in [2.75, 3.05) is 0 Å². The maximum absolute atomic E-state index is 6.67. The van der Waals surface area contributed by atoms with Gasteiger partial charge in [-0.3, -0.25) is 0 Å². The molecule has 22 heavy (non-hydrogen) atoms. The van der Waals surface area contributed by atoms with E-state index in [0.717, 1.165) is 18.6 Å². The molecule has 0 aromatic heterocycles. The minimum absolute atomic E-state index is 0.222. The van der Waals surface area contributed by atoms with E-state index in [9.17, 15) is 0 Å². The van der Waals surface area contributed by atoms with Crippen molar-refractivity contribution < 1.29 is 4.74 Å². The molecule has 1 saturated carbocycles. The summed E-state index contributed by atoms with van der Waals surface area (Å²) in [6.07, 6.45) is 4.11. The van der Waals surface area contributed by atoms with Crippen molar-refractivity contribution in [1.82, 2.24) is 0 Å². The minimum Gasteiger partial charge on any atom is -0.489 e. The summed E-state index contributed by atoms with van der Waals surface area (Å²) in [4.78, 5) is -0.222. The largest absolute Gasteiger partial charge is 0.489 e. The first-order valence-corrected chi connectivity index (χ1v) is 8.28. The molecule has 115 valence electrons. The molecule has 1 aliphatic rings. The molecular weight excluding hydrogens is 292 g/mol. The number of alkyl halides is 1. The second-order valence-corrected chi connectivity index (χ2v) is 7.07. The highest BCUT2D eigenvalue weighted by Gasteiger charge is 2.37. The number of hydrogen-bond donors (Lipinski definition) is 0. The van der Waals surface area contributed by atoms with Crippen LogP contribution in [0.25, 0.3) is 0 Å². The van der Waals surface area contributed by atoms with Crippen molar-refractivity contribution >= 4 is 11.6 Å². The van der Waals surface area contributed by atoms with E-state index in [0.29, 0.717) is 12.5 Å². The number of hydrogen-bond acceptors (Lipinski definition) is 1. The lowest BCUT2D eigenvalue weighted by Gasteiger charge is -2.36. The molecule has 0 heterocycles. The monoisotopic (exact) mass is 313 g/mol. The van der Waals surface area contributed by atoms with E-state index in [-0.39, 0.29) is 4.87 Å². The SMILES string of the molecule is CC(C)c1ccc(C2(Cl)C[CH]C2)cc1OCc1ccccc1. The van der Waals surface area contributed by atoms with Gasteiger partial charge in [0.15, 0.2) is 0 Å². The number of ether oxygens (including phenoxy) is 1. The molecule has 0 atom stereocenters. The zero-order valence-corrected chi connectivity index (χ0v) is 13.9. The molecular formula is C20H22ClO. The Balaban J connectivity index is 1.84. The first kappa shape index (κ1) is 15.4.